The summed E-state index contributed by atoms with van der Waals surface area (Å²) in [4.78, 5) is 0. The molecule has 0 atom stereocenters. The lowest BCUT2D eigenvalue weighted by atomic mass is 9.56. The molecule has 2 aliphatic rings. The molecule has 13 heavy (non-hydrogen) atoms. The number of hydrogen-bond acceptors (Lipinski definition) is 2. The fraction of sp³-hybridized carbons (Fsp3) is 1.00. The van der Waals surface area contributed by atoms with Crippen molar-refractivity contribution in [2.45, 2.75) is 51.0 Å². The van der Waals surface area contributed by atoms with Crippen LogP contribution in [0, 0.1) is 11.3 Å². The number of nitrogens with two attached hydrogens (primary N) is 1. The lowest BCUT2D eigenvalue weighted by molar-refractivity contribution is -0.158. The van der Waals surface area contributed by atoms with Crippen molar-refractivity contribution in [3.63, 3.8) is 0 Å². The molecule has 2 rings (SSSR count). The summed E-state index contributed by atoms with van der Waals surface area (Å²) in [6.07, 6.45) is 6.76. The van der Waals surface area contributed by atoms with E-state index in [1.54, 1.807) is 0 Å². The number of rotatable bonds is 2. The van der Waals surface area contributed by atoms with Gasteiger partial charge in [0.05, 0.1) is 5.60 Å². The van der Waals surface area contributed by atoms with Gasteiger partial charge in [-0.05, 0) is 31.6 Å². The molecule has 0 radical (unpaired) electrons. The maximum absolute atomic E-state index is 10.5. The van der Waals surface area contributed by atoms with E-state index in [9.17, 15) is 5.11 Å². The molecule has 2 nitrogen and oxygen atoms in total. The summed E-state index contributed by atoms with van der Waals surface area (Å²) >= 11 is 0. The van der Waals surface area contributed by atoms with E-state index in [0.717, 1.165) is 25.7 Å². The van der Waals surface area contributed by atoms with E-state index in [1.165, 1.54) is 12.8 Å². The van der Waals surface area contributed by atoms with Gasteiger partial charge < -0.3 is 10.8 Å². The van der Waals surface area contributed by atoms with Crippen molar-refractivity contribution >= 4 is 0 Å². The molecular formula is C11H21NO. The van der Waals surface area contributed by atoms with Crippen molar-refractivity contribution in [3.8, 4) is 0 Å². The molecule has 0 saturated heterocycles. The van der Waals surface area contributed by atoms with Crippen molar-refractivity contribution in [2.24, 2.45) is 17.1 Å². The molecule has 76 valence electrons. The van der Waals surface area contributed by atoms with E-state index in [1.807, 2.05) is 0 Å². The smallest absolute Gasteiger partial charge is 0.0720 e. The summed E-state index contributed by atoms with van der Waals surface area (Å²) in [5.41, 5.74) is 5.53. The van der Waals surface area contributed by atoms with Gasteiger partial charge in [0, 0.05) is 12.0 Å². The van der Waals surface area contributed by atoms with E-state index in [2.05, 4.69) is 6.92 Å². The molecule has 0 aliphatic heterocycles. The maximum Gasteiger partial charge on any atom is 0.0720 e. The second-order valence-electron chi connectivity index (χ2n) is 5.24. The van der Waals surface area contributed by atoms with Crippen molar-refractivity contribution in [1.82, 2.24) is 0 Å². The molecule has 0 bridgehead atoms. The fourth-order valence-electron chi connectivity index (χ4n) is 3.44. The first-order chi connectivity index (χ1) is 6.12. The summed E-state index contributed by atoms with van der Waals surface area (Å²) in [6.45, 7) is 2.89. The normalized spacial score (nSPS) is 43.2. The Balaban J connectivity index is 2.12. The zero-order valence-electron chi connectivity index (χ0n) is 8.55. The zero-order valence-corrected chi connectivity index (χ0v) is 8.55. The van der Waals surface area contributed by atoms with Gasteiger partial charge in [-0.2, -0.15) is 0 Å². The van der Waals surface area contributed by atoms with Crippen LogP contribution in [0.25, 0.3) is 0 Å². The topological polar surface area (TPSA) is 46.2 Å². The van der Waals surface area contributed by atoms with E-state index in [0.29, 0.717) is 12.5 Å². The summed E-state index contributed by atoms with van der Waals surface area (Å²) in [7, 11) is 0. The van der Waals surface area contributed by atoms with Crippen molar-refractivity contribution < 1.29 is 5.11 Å². The van der Waals surface area contributed by atoms with Crippen LogP contribution >= 0.6 is 0 Å². The summed E-state index contributed by atoms with van der Waals surface area (Å²) in [6, 6.07) is 0. The summed E-state index contributed by atoms with van der Waals surface area (Å²) in [5.74, 6) is 0.703. The Kier molecular flexibility index (Phi) is 2.16. The Hall–Kier alpha value is -0.0800. The maximum atomic E-state index is 10.5. The Morgan fingerprint density at radius 2 is 1.85 bits per heavy atom. The summed E-state index contributed by atoms with van der Waals surface area (Å²) in [5, 5.41) is 10.5. The van der Waals surface area contributed by atoms with Crippen LogP contribution in [0.4, 0.5) is 0 Å². The molecule has 2 saturated carbocycles. The quantitative estimate of drug-likeness (QED) is 0.684. The third kappa shape index (κ3) is 1.23. The van der Waals surface area contributed by atoms with Crippen LogP contribution in [0.1, 0.15) is 45.4 Å². The van der Waals surface area contributed by atoms with Crippen LogP contribution < -0.4 is 5.73 Å². The highest BCUT2D eigenvalue weighted by Crippen LogP contribution is 2.56. The van der Waals surface area contributed by atoms with Crippen LogP contribution in [0.3, 0.4) is 0 Å². The van der Waals surface area contributed by atoms with Crippen LogP contribution in [0.15, 0.2) is 0 Å². The fourth-order valence-corrected chi connectivity index (χ4v) is 3.44. The molecule has 3 N–H and O–H groups in total. The van der Waals surface area contributed by atoms with E-state index in [-0.39, 0.29) is 5.41 Å². The van der Waals surface area contributed by atoms with E-state index in [4.69, 9.17) is 5.73 Å². The average Bonchev–Trinajstić information content (AvgIpc) is 2.50. The van der Waals surface area contributed by atoms with Crippen molar-refractivity contribution in [1.29, 1.82) is 0 Å². The predicted octanol–water partition coefficient (Wildman–Crippen LogP) is 1.67. The molecule has 2 heteroatoms. The molecular weight excluding hydrogens is 162 g/mol. The Labute approximate surface area is 80.5 Å². The van der Waals surface area contributed by atoms with Gasteiger partial charge in [-0.25, -0.2) is 0 Å². The Morgan fingerprint density at radius 3 is 2.23 bits per heavy atom. The largest absolute Gasteiger partial charge is 0.389 e. The van der Waals surface area contributed by atoms with Gasteiger partial charge in [-0.3, -0.25) is 0 Å². The summed E-state index contributed by atoms with van der Waals surface area (Å²) < 4.78 is 0. The number of aliphatic hydroxyl groups is 1. The van der Waals surface area contributed by atoms with Gasteiger partial charge in [-0.1, -0.05) is 19.8 Å². The Morgan fingerprint density at radius 1 is 1.31 bits per heavy atom. The minimum Gasteiger partial charge on any atom is -0.389 e. The highest BCUT2D eigenvalue weighted by Gasteiger charge is 2.56. The third-order valence-electron chi connectivity index (χ3n) is 4.31. The van der Waals surface area contributed by atoms with Gasteiger partial charge in [0.2, 0.25) is 0 Å². The molecule has 0 aromatic heterocycles. The molecule has 0 heterocycles. The molecule has 0 amide bonds. The minimum atomic E-state index is -0.405. The molecule has 0 spiro atoms. The first-order valence-electron chi connectivity index (χ1n) is 5.54. The van der Waals surface area contributed by atoms with Crippen LogP contribution in [-0.4, -0.2) is 17.3 Å². The van der Waals surface area contributed by atoms with Gasteiger partial charge in [0.1, 0.15) is 0 Å². The first kappa shape index (κ1) is 9.47. The molecule has 2 aliphatic carbocycles. The molecule has 0 aromatic carbocycles. The van der Waals surface area contributed by atoms with Gasteiger partial charge in [-0.15, -0.1) is 0 Å². The average molecular weight is 183 g/mol. The van der Waals surface area contributed by atoms with Gasteiger partial charge in [0.15, 0.2) is 0 Å². The lowest BCUT2D eigenvalue weighted by Gasteiger charge is -2.53. The lowest BCUT2D eigenvalue weighted by Crippen LogP contribution is -2.58. The van der Waals surface area contributed by atoms with Crippen LogP contribution in [0.5, 0.6) is 0 Å². The predicted molar refractivity (Wildman–Crippen MR) is 53.3 cm³/mol. The molecule has 2 fully saturated rings. The van der Waals surface area contributed by atoms with E-state index < -0.39 is 5.60 Å². The standard InChI is InChI=1S/C11H21NO/c1-9-6-11(13,7-9)10(8-12)4-2-3-5-10/h9,13H,2-8,12H2,1H3. The Bertz CT molecular complexity index is 190. The van der Waals surface area contributed by atoms with Crippen molar-refractivity contribution in [3.05, 3.63) is 0 Å². The SMILES string of the molecule is CC1CC(O)(C2(CN)CCCC2)C1. The van der Waals surface area contributed by atoms with E-state index >= 15 is 0 Å². The number of hydrogen-bond donors (Lipinski definition) is 2. The van der Waals surface area contributed by atoms with Gasteiger partial charge >= 0.3 is 0 Å². The molecule has 0 unspecified atom stereocenters. The highest BCUT2D eigenvalue weighted by molar-refractivity contribution is 5.08. The van der Waals surface area contributed by atoms with Crippen molar-refractivity contribution in [2.75, 3.05) is 6.54 Å². The second kappa shape index (κ2) is 2.96. The van der Waals surface area contributed by atoms with Gasteiger partial charge in [0.25, 0.3) is 0 Å². The van der Waals surface area contributed by atoms with Crippen LogP contribution in [-0.2, 0) is 0 Å². The van der Waals surface area contributed by atoms with Crippen LogP contribution in [0.2, 0.25) is 0 Å². The zero-order chi connectivity index (χ0) is 9.53. The third-order valence-corrected chi connectivity index (χ3v) is 4.31. The highest BCUT2D eigenvalue weighted by atomic mass is 16.3. The first-order valence-corrected chi connectivity index (χ1v) is 5.54. The second-order valence-corrected chi connectivity index (χ2v) is 5.24. The molecule has 0 aromatic rings. The minimum absolute atomic E-state index is 0.0828. The monoisotopic (exact) mass is 183 g/mol.